The van der Waals surface area contributed by atoms with Crippen LogP contribution < -0.4 is 14.8 Å². The van der Waals surface area contributed by atoms with Crippen LogP contribution in [-0.2, 0) is 29.7 Å². The molecule has 0 fully saturated rings. The van der Waals surface area contributed by atoms with Crippen molar-refractivity contribution in [3.05, 3.63) is 59.7 Å². The zero-order valence-electron chi connectivity index (χ0n) is 16.8. The molecule has 0 saturated carbocycles. The first-order valence-corrected chi connectivity index (χ1v) is 10.6. The highest BCUT2D eigenvalue weighted by atomic mass is 32.2. The van der Waals surface area contributed by atoms with Crippen LogP contribution in [0.1, 0.15) is 23.1 Å². The molecule has 3 heterocycles. The van der Waals surface area contributed by atoms with Gasteiger partial charge in [-0.05, 0) is 25.1 Å². The van der Waals surface area contributed by atoms with Gasteiger partial charge in [0.1, 0.15) is 17.0 Å². The summed E-state index contributed by atoms with van der Waals surface area (Å²) in [6.07, 6.45) is 2.93. The number of hydrogen-bond acceptors (Lipinski definition) is 5. The summed E-state index contributed by atoms with van der Waals surface area (Å²) < 4.78 is 64.0. The largest absolute Gasteiger partial charge is 0.487 e. The first-order valence-electron chi connectivity index (χ1n) is 9.13. The van der Waals surface area contributed by atoms with Gasteiger partial charge in [0.2, 0.25) is 10.0 Å². The number of amides is 1. The Morgan fingerprint density at radius 1 is 1.26 bits per heavy atom. The fourth-order valence-electron chi connectivity index (χ4n) is 3.37. The van der Waals surface area contributed by atoms with E-state index in [2.05, 4.69) is 15.1 Å². The van der Waals surface area contributed by atoms with Gasteiger partial charge in [-0.15, -0.1) is 0 Å². The van der Waals surface area contributed by atoms with E-state index in [1.54, 1.807) is 26.2 Å². The van der Waals surface area contributed by atoms with Gasteiger partial charge in [0.15, 0.2) is 23.1 Å². The molecule has 1 aliphatic rings. The minimum Gasteiger partial charge on any atom is -0.487 e. The minimum atomic E-state index is -4.08. The lowest BCUT2D eigenvalue weighted by Crippen LogP contribution is -2.46. The van der Waals surface area contributed by atoms with Crippen LogP contribution in [0.15, 0.2) is 41.6 Å². The van der Waals surface area contributed by atoms with Gasteiger partial charge in [0, 0.05) is 38.2 Å². The highest BCUT2D eigenvalue weighted by Crippen LogP contribution is 2.36. The molecular formula is C19H19F2N5O4S. The topological polar surface area (TPSA) is 107 Å². The molecule has 1 atom stereocenters. The molecule has 0 aliphatic carbocycles. The molecule has 164 valence electrons. The van der Waals surface area contributed by atoms with Crippen molar-refractivity contribution in [3.8, 4) is 5.75 Å². The first-order chi connectivity index (χ1) is 14.5. The maximum absolute atomic E-state index is 13.5. The van der Waals surface area contributed by atoms with Crippen LogP contribution in [0.4, 0.5) is 14.5 Å². The third-order valence-electron chi connectivity index (χ3n) is 4.93. The molecule has 2 aromatic heterocycles. The average Bonchev–Trinajstić information content (AvgIpc) is 3.24. The van der Waals surface area contributed by atoms with Gasteiger partial charge in [0.25, 0.3) is 5.91 Å². The van der Waals surface area contributed by atoms with Crippen LogP contribution in [0.2, 0.25) is 0 Å². The number of carbonyl (C=O) groups excluding carboxylic acids is 1. The van der Waals surface area contributed by atoms with Crippen LogP contribution in [0.25, 0.3) is 0 Å². The molecule has 0 spiro atoms. The number of fused-ring (bicyclic) bond motifs is 1. The molecule has 0 radical (unpaired) electrons. The molecular weight excluding hydrogens is 432 g/mol. The van der Waals surface area contributed by atoms with E-state index >= 15 is 0 Å². The lowest BCUT2D eigenvalue weighted by Gasteiger charge is -2.25. The quantitative estimate of drug-likeness (QED) is 0.632. The van der Waals surface area contributed by atoms with Gasteiger partial charge in [0.05, 0.1) is 5.69 Å². The van der Waals surface area contributed by atoms with Gasteiger partial charge in [-0.25, -0.2) is 17.2 Å². The first kappa shape index (κ1) is 21.0. The minimum absolute atomic E-state index is 0.00628. The second-order valence-electron chi connectivity index (χ2n) is 7.47. The summed E-state index contributed by atoms with van der Waals surface area (Å²) in [5.41, 5.74) is -0.818. The van der Waals surface area contributed by atoms with Crippen molar-refractivity contribution in [1.29, 1.82) is 0 Å². The predicted molar refractivity (Wildman–Crippen MR) is 106 cm³/mol. The van der Waals surface area contributed by atoms with Gasteiger partial charge >= 0.3 is 0 Å². The zero-order chi connectivity index (χ0) is 22.6. The average molecular weight is 451 g/mol. The standard InChI is InChI=1S/C19H19F2N5O4S/c1-19(15-6-7-26(3)23-15)10-30-17-14(31(28,29)24-19)9-25(2)16(17)18(27)22-11-4-5-12(20)13(21)8-11/h4-9,24H,10H2,1-3H3,(H,22,27). The molecule has 12 heteroatoms. The van der Waals surface area contributed by atoms with Gasteiger partial charge in [-0.1, -0.05) is 0 Å². The molecule has 0 bridgehead atoms. The van der Waals surface area contributed by atoms with E-state index in [1.165, 1.54) is 28.6 Å². The fourth-order valence-corrected chi connectivity index (χ4v) is 4.93. The number of anilines is 1. The van der Waals surface area contributed by atoms with Crippen molar-refractivity contribution >= 4 is 21.6 Å². The Hall–Kier alpha value is -3.25. The summed E-state index contributed by atoms with van der Waals surface area (Å²) in [7, 11) is -0.900. The number of rotatable bonds is 3. The maximum Gasteiger partial charge on any atom is 0.276 e. The van der Waals surface area contributed by atoms with E-state index in [4.69, 9.17) is 4.74 Å². The molecule has 2 N–H and O–H groups in total. The fraction of sp³-hybridized carbons (Fsp3) is 0.263. The SMILES string of the molecule is Cn1ccc(C2(C)COc3c(cn(C)c3C(=O)Nc3ccc(F)c(F)c3)S(=O)(=O)N2)n1. The molecule has 1 unspecified atom stereocenters. The predicted octanol–water partition coefficient (Wildman–Crippen LogP) is 1.88. The lowest BCUT2D eigenvalue weighted by molar-refractivity contribution is 0.101. The van der Waals surface area contributed by atoms with Gasteiger partial charge in [-0.3, -0.25) is 9.48 Å². The number of aromatic nitrogens is 3. The second-order valence-corrected chi connectivity index (χ2v) is 9.12. The smallest absolute Gasteiger partial charge is 0.276 e. The molecule has 3 aromatic rings. The molecule has 4 rings (SSSR count). The van der Waals surface area contributed by atoms with E-state index in [0.717, 1.165) is 12.1 Å². The van der Waals surface area contributed by atoms with E-state index < -0.39 is 33.1 Å². The molecule has 9 nitrogen and oxygen atoms in total. The van der Waals surface area contributed by atoms with Crippen molar-refractivity contribution in [2.45, 2.75) is 17.4 Å². The van der Waals surface area contributed by atoms with E-state index in [-0.39, 0.29) is 28.6 Å². The normalized spacial score (nSPS) is 19.9. The van der Waals surface area contributed by atoms with Crippen molar-refractivity contribution in [3.63, 3.8) is 0 Å². The van der Waals surface area contributed by atoms with Crippen molar-refractivity contribution < 1.29 is 26.7 Å². The number of nitrogens with one attached hydrogen (secondary N) is 2. The summed E-state index contributed by atoms with van der Waals surface area (Å²) in [4.78, 5) is 12.6. The molecule has 31 heavy (non-hydrogen) atoms. The Morgan fingerprint density at radius 3 is 2.65 bits per heavy atom. The van der Waals surface area contributed by atoms with E-state index in [9.17, 15) is 22.0 Å². The van der Waals surface area contributed by atoms with Crippen LogP contribution in [0.3, 0.4) is 0 Å². The number of hydrogen-bond donors (Lipinski definition) is 2. The molecule has 1 amide bonds. The van der Waals surface area contributed by atoms with E-state index in [0.29, 0.717) is 5.69 Å². The van der Waals surface area contributed by atoms with E-state index in [1.807, 2.05) is 0 Å². The van der Waals surface area contributed by atoms with Crippen molar-refractivity contribution in [2.24, 2.45) is 14.1 Å². The maximum atomic E-state index is 13.5. The van der Waals surface area contributed by atoms with Crippen LogP contribution >= 0.6 is 0 Å². The molecule has 1 aromatic carbocycles. The lowest BCUT2D eigenvalue weighted by atomic mass is 10.0. The number of aryl methyl sites for hydroxylation is 2. The Bertz CT molecular complexity index is 1300. The third-order valence-corrected chi connectivity index (χ3v) is 6.52. The van der Waals surface area contributed by atoms with Crippen molar-refractivity contribution in [2.75, 3.05) is 11.9 Å². The van der Waals surface area contributed by atoms with Crippen LogP contribution in [0, 0.1) is 11.6 Å². The van der Waals surface area contributed by atoms with Crippen LogP contribution in [-0.4, -0.2) is 35.3 Å². The summed E-state index contributed by atoms with van der Waals surface area (Å²) in [5, 5.41) is 6.70. The van der Waals surface area contributed by atoms with Gasteiger partial charge in [-0.2, -0.15) is 9.82 Å². The van der Waals surface area contributed by atoms with Crippen LogP contribution in [0.5, 0.6) is 5.75 Å². The Kier molecular flexibility index (Phi) is 4.85. The highest BCUT2D eigenvalue weighted by Gasteiger charge is 2.42. The van der Waals surface area contributed by atoms with Gasteiger partial charge < -0.3 is 14.6 Å². The summed E-state index contributed by atoms with van der Waals surface area (Å²) in [5.74, 6) is -3.07. The number of carbonyl (C=O) groups is 1. The summed E-state index contributed by atoms with van der Waals surface area (Å²) in [6, 6.07) is 4.56. The Morgan fingerprint density at radius 2 is 2.00 bits per heavy atom. The molecule has 1 aliphatic heterocycles. The highest BCUT2D eigenvalue weighted by molar-refractivity contribution is 7.89. The third kappa shape index (κ3) is 3.68. The number of benzene rings is 1. The monoisotopic (exact) mass is 451 g/mol. The number of ether oxygens (including phenoxy) is 1. The zero-order valence-corrected chi connectivity index (χ0v) is 17.6. The van der Waals surface area contributed by atoms with Crippen molar-refractivity contribution in [1.82, 2.24) is 19.1 Å². The Labute approximate surface area is 176 Å². The Balaban J connectivity index is 1.71. The summed E-state index contributed by atoms with van der Waals surface area (Å²) >= 11 is 0. The second kappa shape index (κ2) is 7.17. The number of nitrogens with zero attached hydrogens (tertiary/aromatic N) is 3. The number of sulfonamides is 1. The summed E-state index contributed by atoms with van der Waals surface area (Å²) in [6.45, 7) is 1.49. The number of halogens is 2. The molecule has 0 saturated heterocycles.